The third-order valence-electron chi connectivity index (χ3n) is 4.55. The van der Waals surface area contributed by atoms with Gasteiger partial charge in [0.05, 0.1) is 6.54 Å². The molecule has 2 aromatic rings. The van der Waals surface area contributed by atoms with E-state index in [0.29, 0.717) is 18.9 Å². The van der Waals surface area contributed by atoms with Crippen LogP contribution in [0.25, 0.3) is 11.0 Å². The number of nitrogens with one attached hydrogen (secondary N) is 1. The van der Waals surface area contributed by atoms with Crippen molar-refractivity contribution in [3.05, 3.63) is 35.6 Å². The van der Waals surface area contributed by atoms with Crippen LogP contribution in [0.15, 0.2) is 28.7 Å². The minimum absolute atomic E-state index is 0. The summed E-state index contributed by atoms with van der Waals surface area (Å²) in [4.78, 5) is 12.0. The summed E-state index contributed by atoms with van der Waals surface area (Å²) >= 11 is 0. The summed E-state index contributed by atoms with van der Waals surface area (Å²) in [6.07, 6.45) is 3.78. The van der Waals surface area contributed by atoms with Crippen molar-refractivity contribution in [1.82, 2.24) is 5.32 Å². The maximum absolute atomic E-state index is 12.0. The van der Waals surface area contributed by atoms with E-state index >= 15 is 0 Å². The molecule has 1 aromatic carbocycles. The van der Waals surface area contributed by atoms with E-state index in [-0.39, 0.29) is 24.4 Å². The zero-order valence-corrected chi connectivity index (χ0v) is 13.6. The quantitative estimate of drug-likeness (QED) is 0.907. The second kappa shape index (κ2) is 7.16. The number of carbonyl (C=O) groups is 1. The van der Waals surface area contributed by atoms with E-state index in [1.54, 1.807) is 0 Å². The van der Waals surface area contributed by atoms with Crippen LogP contribution in [-0.4, -0.2) is 11.9 Å². The standard InChI is InChI=1S/C17H22N2O2.ClH/c1-11-13-6-2-3-8-15(13)21-16(11)10-19-17(20)9-12-5-4-7-14(12)18;/h2-3,6,8,12,14H,4-5,7,9-10,18H2,1H3,(H,19,20);1H/t12-,14+;/m0./s1. The number of carbonyl (C=O) groups excluding carboxylic acids is 1. The normalized spacial score (nSPS) is 20.8. The molecule has 1 aromatic heterocycles. The average molecular weight is 323 g/mol. The monoisotopic (exact) mass is 322 g/mol. The summed E-state index contributed by atoms with van der Waals surface area (Å²) in [6, 6.07) is 8.12. The number of hydrogen-bond acceptors (Lipinski definition) is 3. The van der Waals surface area contributed by atoms with Crippen LogP contribution in [0.1, 0.15) is 37.0 Å². The van der Waals surface area contributed by atoms with Gasteiger partial charge in [0.2, 0.25) is 5.91 Å². The van der Waals surface area contributed by atoms with E-state index in [9.17, 15) is 4.79 Å². The van der Waals surface area contributed by atoms with Gasteiger partial charge in [-0.3, -0.25) is 4.79 Å². The zero-order valence-electron chi connectivity index (χ0n) is 12.8. The molecule has 22 heavy (non-hydrogen) atoms. The van der Waals surface area contributed by atoms with Crippen LogP contribution >= 0.6 is 12.4 Å². The van der Waals surface area contributed by atoms with Gasteiger partial charge in [-0.1, -0.05) is 24.6 Å². The first-order valence-corrected chi connectivity index (χ1v) is 7.64. The lowest BCUT2D eigenvalue weighted by Gasteiger charge is -2.14. The number of nitrogens with two attached hydrogens (primary N) is 1. The maximum Gasteiger partial charge on any atom is 0.220 e. The molecule has 1 aliphatic carbocycles. The molecule has 0 spiro atoms. The minimum atomic E-state index is 0. The van der Waals surface area contributed by atoms with Crippen LogP contribution in [-0.2, 0) is 11.3 Å². The molecule has 4 nitrogen and oxygen atoms in total. The van der Waals surface area contributed by atoms with Crippen LogP contribution in [0.3, 0.4) is 0 Å². The zero-order chi connectivity index (χ0) is 14.8. The van der Waals surface area contributed by atoms with E-state index in [1.807, 2.05) is 31.2 Å². The van der Waals surface area contributed by atoms with Gasteiger partial charge < -0.3 is 15.5 Å². The number of halogens is 1. The van der Waals surface area contributed by atoms with Crippen LogP contribution < -0.4 is 11.1 Å². The number of benzene rings is 1. The predicted octanol–water partition coefficient (Wildman–Crippen LogP) is 3.30. The lowest BCUT2D eigenvalue weighted by atomic mass is 10.00. The van der Waals surface area contributed by atoms with E-state index < -0.39 is 0 Å². The fraction of sp³-hybridized carbons (Fsp3) is 0.471. The second-order valence-corrected chi connectivity index (χ2v) is 5.98. The summed E-state index contributed by atoms with van der Waals surface area (Å²) < 4.78 is 5.80. The van der Waals surface area contributed by atoms with Crippen LogP contribution in [0, 0.1) is 12.8 Å². The SMILES string of the molecule is Cc1c(CNC(=O)C[C@@H]2CCC[C@H]2N)oc2ccccc12.Cl. The fourth-order valence-electron chi connectivity index (χ4n) is 3.20. The summed E-state index contributed by atoms with van der Waals surface area (Å²) in [5.41, 5.74) is 7.98. The molecule has 0 radical (unpaired) electrons. The molecule has 0 unspecified atom stereocenters. The molecule has 1 heterocycles. The predicted molar refractivity (Wildman–Crippen MR) is 90.0 cm³/mol. The molecule has 2 atom stereocenters. The first-order valence-electron chi connectivity index (χ1n) is 7.64. The highest BCUT2D eigenvalue weighted by Crippen LogP contribution is 2.27. The molecule has 120 valence electrons. The Bertz CT molecular complexity index is 653. The molecule has 3 rings (SSSR count). The van der Waals surface area contributed by atoms with Crippen LogP contribution in [0.2, 0.25) is 0 Å². The van der Waals surface area contributed by atoms with Gasteiger partial charge in [0.15, 0.2) is 0 Å². The molecule has 0 aliphatic heterocycles. The molecule has 1 amide bonds. The van der Waals surface area contributed by atoms with Gasteiger partial charge in [0.25, 0.3) is 0 Å². The number of aryl methyl sites for hydroxylation is 1. The second-order valence-electron chi connectivity index (χ2n) is 5.98. The number of hydrogen-bond donors (Lipinski definition) is 2. The first kappa shape index (κ1) is 16.8. The average Bonchev–Trinajstić information content (AvgIpc) is 3.02. The molecule has 1 aliphatic rings. The maximum atomic E-state index is 12.0. The summed E-state index contributed by atoms with van der Waals surface area (Å²) in [5.74, 6) is 1.24. The Balaban J connectivity index is 0.00000176. The number of para-hydroxylation sites is 1. The smallest absolute Gasteiger partial charge is 0.220 e. The lowest BCUT2D eigenvalue weighted by Crippen LogP contribution is -2.31. The third kappa shape index (κ3) is 3.45. The lowest BCUT2D eigenvalue weighted by molar-refractivity contribution is -0.122. The van der Waals surface area contributed by atoms with Crippen LogP contribution in [0.4, 0.5) is 0 Å². The highest BCUT2D eigenvalue weighted by atomic mass is 35.5. The number of rotatable bonds is 4. The Kier molecular flexibility index (Phi) is 5.48. The molecule has 5 heteroatoms. The van der Waals surface area contributed by atoms with Crippen molar-refractivity contribution in [1.29, 1.82) is 0 Å². The van der Waals surface area contributed by atoms with Gasteiger partial charge in [-0.15, -0.1) is 12.4 Å². The van der Waals surface area contributed by atoms with Gasteiger partial charge in [0.1, 0.15) is 11.3 Å². The van der Waals surface area contributed by atoms with E-state index in [4.69, 9.17) is 10.2 Å². The van der Waals surface area contributed by atoms with Gasteiger partial charge in [-0.2, -0.15) is 0 Å². The molecule has 0 bridgehead atoms. The summed E-state index contributed by atoms with van der Waals surface area (Å²) in [6.45, 7) is 2.47. The van der Waals surface area contributed by atoms with Crippen molar-refractivity contribution in [2.24, 2.45) is 11.7 Å². The number of fused-ring (bicyclic) bond motifs is 1. The van der Waals surface area contributed by atoms with Gasteiger partial charge in [-0.05, 0) is 31.7 Å². The Morgan fingerprint density at radius 2 is 2.14 bits per heavy atom. The highest BCUT2D eigenvalue weighted by Gasteiger charge is 2.26. The van der Waals surface area contributed by atoms with Gasteiger partial charge in [0, 0.05) is 23.4 Å². The molecule has 1 saturated carbocycles. The molecular formula is C17H23ClN2O2. The summed E-state index contributed by atoms with van der Waals surface area (Å²) in [7, 11) is 0. The Hall–Kier alpha value is -1.52. The number of furan rings is 1. The van der Waals surface area contributed by atoms with Gasteiger partial charge in [-0.25, -0.2) is 0 Å². The molecule has 3 N–H and O–H groups in total. The first-order chi connectivity index (χ1) is 10.1. The third-order valence-corrected chi connectivity index (χ3v) is 4.55. The summed E-state index contributed by atoms with van der Waals surface area (Å²) in [5, 5.41) is 4.07. The topological polar surface area (TPSA) is 68.3 Å². The van der Waals surface area contributed by atoms with Crippen LogP contribution in [0.5, 0.6) is 0 Å². The van der Waals surface area contributed by atoms with Crippen molar-refractivity contribution in [3.8, 4) is 0 Å². The Morgan fingerprint density at radius 1 is 1.36 bits per heavy atom. The molecule has 1 fully saturated rings. The largest absolute Gasteiger partial charge is 0.459 e. The van der Waals surface area contributed by atoms with E-state index in [2.05, 4.69) is 5.32 Å². The number of amides is 1. The van der Waals surface area contributed by atoms with Crippen molar-refractivity contribution in [3.63, 3.8) is 0 Å². The minimum Gasteiger partial charge on any atom is -0.459 e. The Labute approximate surface area is 136 Å². The van der Waals surface area contributed by atoms with Crippen molar-refractivity contribution in [2.45, 2.75) is 45.2 Å². The molecule has 0 saturated heterocycles. The van der Waals surface area contributed by atoms with Gasteiger partial charge >= 0.3 is 0 Å². The van der Waals surface area contributed by atoms with Crippen molar-refractivity contribution in [2.75, 3.05) is 0 Å². The van der Waals surface area contributed by atoms with E-state index in [1.165, 1.54) is 0 Å². The fourth-order valence-corrected chi connectivity index (χ4v) is 3.20. The Morgan fingerprint density at radius 3 is 2.82 bits per heavy atom. The highest BCUT2D eigenvalue weighted by molar-refractivity contribution is 5.85. The van der Waals surface area contributed by atoms with E-state index in [0.717, 1.165) is 41.6 Å². The van der Waals surface area contributed by atoms with Crippen molar-refractivity contribution >= 4 is 29.3 Å². The molecular weight excluding hydrogens is 300 g/mol. The van der Waals surface area contributed by atoms with Crippen molar-refractivity contribution < 1.29 is 9.21 Å².